The van der Waals surface area contributed by atoms with Crippen LogP contribution in [0, 0.1) is 5.82 Å². The van der Waals surface area contributed by atoms with Gasteiger partial charge in [-0.05, 0) is 43.7 Å². The fourth-order valence-electron chi connectivity index (χ4n) is 4.65. The Kier molecular flexibility index (Phi) is 5.99. The van der Waals surface area contributed by atoms with Gasteiger partial charge in [0.15, 0.2) is 0 Å². The Morgan fingerprint density at radius 1 is 1.09 bits per heavy atom. The molecule has 1 aliphatic heterocycles. The molecule has 1 saturated heterocycles. The van der Waals surface area contributed by atoms with Crippen LogP contribution in [0.15, 0.2) is 51.7 Å². The predicted molar refractivity (Wildman–Crippen MR) is 120 cm³/mol. The van der Waals surface area contributed by atoms with E-state index in [9.17, 15) is 18.0 Å². The summed E-state index contributed by atoms with van der Waals surface area (Å²) < 4.78 is 48.8. The van der Waals surface area contributed by atoms with Crippen molar-refractivity contribution in [2.24, 2.45) is 0 Å². The molecule has 4 aromatic rings. The van der Waals surface area contributed by atoms with Crippen LogP contribution in [0.5, 0.6) is 0 Å². The molecule has 1 aliphatic rings. The summed E-state index contributed by atoms with van der Waals surface area (Å²) in [6.45, 7) is 5.04. The van der Waals surface area contributed by atoms with Gasteiger partial charge in [-0.3, -0.25) is 9.13 Å². The third-order valence-corrected chi connectivity index (χ3v) is 6.49. The number of imidazole rings is 1. The number of halogens is 3. The molecule has 1 fully saturated rings. The van der Waals surface area contributed by atoms with Gasteiger partial charge in [0.2, 0.25) is 5.89 Å². The quantitative estimate of drug-likeness (QED) is 0.410. The van der Waals surface area contributed by atoms with E-state index in [1.807, 2.05) is 28.8 Å². The molecule has 7 nitrogen and oxygen atoms in total. The van der Waals surface area contributed by atoms with Crippen LogP contribution in [0.25, 0.3) is 22.5 Å². The predicted octanol–water partition coefficient (Wildman–Crippen LogP) is 4.63. The van der Waals surface area contributed by atoms with E-state index < -0.39 is 18.1 Å². The van der Waals surface area contributed by atoms with Gasteiger partial charge in [0.05, 0.1) is 17.6 Å². The van der Waals surface area contributed by atoms with Crippen molar-refractivity contribution in [3.8, 4) is 11.5 Å². The van der Waals surface area contributed by atoms with Crippen molar-refractivity contribution in [2.75, 3.05) is 19.6 Å². The van der Waals surface area contributed by atoms with Crippen LogP contribution in [0.1, 0.15) is 43.7 Å². The molecule has 0 atom stereocenters. The van der Waals surface area contributed by atoms with Crippen molar-refractivity contribution in [1.82, 2.24) is 24.2 Å². The van der Waals surface area contributed by atoms with Crippen molar-refractivity contribution in [1.29, 1.82) is 0 Å². The maximum Gasteiger partial charge on any atom is 0.329 e. The molecule has 0 N–H and O–H groups in total. The molecule has 2 aromatic carbocycles. The molecule has 0 amide bonds. The van der Waals surface area contributed by atoms with Crippen LogP contribution in [0.2, 0.25) is 0 Å². The molecule has 34 heavy (non-hydrogen) atoms. The van der Waals surface area contributed by atoms with Gasteiger partial charge in [-0.25, -0.2) is 9.18 Å². The molecule has 10 heteroatoms. The lowest BCUT2D eigenvalue weighted by molar-refractivity contribution is 0.116. The van der Waals surface area contributed by atoms with E-state index in [-0.39, 0.29) is 29.7 Å². The number of hydrogen-bond donors (Lipinski definition) is 0. The van der Waals surface area contributed by atoms with Crippen molar-refractivity contribution < 1.29 is 17.6 Å². The number of para-hydroxylation sites is 2. The summed E-state index contributed by atoms with van der Waals surface area (Å²) in [5, 5.41) is 6.83. The summed E-state index contributed by atoms with van der Waals surface area (Å²) in [5.74, 6) is -1.59. The lowest BCUT2D eigenvalue weighted by Crippen LogP contribution is -2.37. The van der Waals surface area contributed by atoms with Gasteiger partial charge >= 0.3 is 12.1 Å². The lowest BCUT2D eigenvalue weighted by atomic mass is 10.0. The molecule has 0 radical (unpaired) electrons. The van der Waals surface area contributed by atoms with Crippen molar-refractivity contribution >= 4 is 11.0 Å². The van der Waals surface area contributed by atoms with Gasteiger partial charge in [0, 0.05) is 30.3 Å². The molecule has 178 valence electrons. The van der Waals surface area contributed by atoms with Gasteiger partial charge in [-0.15, -0.1) is 10.2 Å². The second-order valence-corrected chi connectivity index (χ2v) is 8.45. The van der Waals surface area contributed by atoms with Crippen LogP contribution in [0.4, 0.5) is 13.2 Å². The monoisotopic (exact) mass is 471 g/mol. The molecule has 0 saturated carbocycles. The third-order valence-electron chi connectivity index (χ3n) is 6.49. The molecule has 0 spiro atoms. The molecular weight excluding hydrogens is 447 g/mol. The number of fused-ring (bicyclic) bond motifs is 1. The zero-order valence-electron chi connectivity index (χ0n) is 18.6. The number of likely N-dealkylation sites (tertiary alicyclic amines) is 1. The number of nitrogens with zero attached hydrogens (tertiary/aromatic N) is 5. The minimum atomic E-state index is -2.90. The number of aromatic nitrogens is 4. The molecule has 5 rings (SSSR count). The van der Waals surface area contributed by atoms with Crippen molar-refractivity contribution in [2.45, 2.75) is 38.8 Å². The van der Waals surface area contributed by atoms with Crippen LogP contribution >= 0.6 is 0 Å². The number of benzene rings is 2. The van der Waals surface area contributed by atoms with Gasteiger partial charge in [-0.1, -0.05) is 25.1 Å². The first-order chi connectivity index (χ1) is 16.5. The van der Waals surface area contributed by atoms with E-state index in [1.165, 1.54) is 12.1 Å². The second kappa shape index (κ2) is 9.09. The summed E-state index contributed by atoms with van der Waals surface area (Å²) >= 11 is 0. The van der Waals surface area contributed by atoms with Crippen LogP contribution < -0.4 is 5.69 Å². The van der Waals surface area contributed by atoms with Gasteiger partial charge in [0.1, 0.15) is 5.82 Å². The van der Waals surface area contributed by atoms with E-state index >= 15 is 0 Å². The summed E-state index contributed by atoms with van der Waals surface area (Å²) in [5.41, 5.74) is 1.90. The van der Waals surface area contributed by atoms with Gasteiger partial charge < -0.3 is 9.32 Å². The van der Waals surface area contributed by atoms with Gasteiger partial charge in [0.25, 0.3) is 5.89 Å². The largest absolute Gasteiger partial charge is 0.415 e. The van der Waals surface area contributed by atoms with Crippen LogP contribution in [0.3, 0.4) is 0 Å². The van der Waals surface area contributed by atoms with E-state index in [1.54, 1.807) is 4.57 Å². The maximum atomic E-state index is 15.0. The summed E-state index contributed by atoms with van der Waals surface area (Å²) in [6, 6.07) is 11.8. The van der Waals surface area contributed by atoms with Crippen molar-refractivity contribution in [3.63, 3.8) is 0 Å². The third kappa shape index (κ3) is 4.02. The number of hydrogen-bond acceptors (Lipinski definition) is 5. The Bertz CT molecular complexity index is 1370. The highest BCUT2D eigenvalue weighted by molar-refractivity contribution is 5.76. The number of alkyl halides is 2. The topological polar surface area (TPSA) is 69.1 Å². The highest BCUT2D eigenvalue weighted by Crippen LogP contribution is 2.28. The fraction of sp³-hybridized carbons (Fsp3) is 0.375. The maximum absolute atomic E-state index is 15.0. The number of rotatable bonds is 6. The highest BCUT2D eigenvalue weighted by atomic mass is 19.3. The second-order valence-electron chi connectivity index (χ2n) is 8.45. The molecule has 0 bridgehead atoms. The first-order valence-corrected chi connectivity index (χ1v) is 11.3. The normalized spacial score (nSPS) is 15.6. The Hall–Kier alpha value is -3.40. The van der Waals surface area contributed by atoms with E-state index in [4.69, 9.17) is 4.42 Å². The highest BCUT2D eigenvalue weighted by Gasteiger charge is 2.25. The fourth-order valence-corrected chi connectivity index (χ4v) is 4.65. The lowest BCUT2D eigenvalue weighted by Gasteiger charge is -2.31. The van der Waals surface area contributed by atoms with E-state index in [0.717, 1.165) is 49.6 Å². The Morgan fingerprint density at radius 3 is 2.47 bits per heavy atom. The Balaban J connectivity index is 1.47. The summed E-state index contributed by atoms with van der Waals surface area (Å²) in [6.07, 6.45) is -1.13. The Morgan fingerprint density at radius 2 is 1.82 bits per heavy atom. The van der Waals surface area contributed by atoms with E-state index in [0.29, 0.717) is 5.56 Å². The standard InChI is InChI=1S/C24H24F3N5O2/c1-2-30-11-9-17(10-12-30)32-20-6-4-3-5-19(20)31(24(32)33)14-16-8-7-15(13-18(16)25)22-28-29-23(34-22)21(26)27/h3-8,13,17,21H,2,9-12,14H2,1H3. The van der Waals surface area contributed by atoms with Crippen molar-refractivity contribution in [3.05, 3.63) is 70.2 Å². The SMILES string of the molecule is CCN1CCC(n2c(=O)n(Cc3ccc(-c4nnc(C(F)F)o4)cc3F)c3ccccc32)CC1. The molecular formula is C24H24F3N5O2. The Labute approximate surface area is 193 Å². The zero-order chi connectivity index (χ0) is 23.8. The number of piperidine rings is 1. The molecule has 2 aromatic heterocycles. The first-order valence-electron chi connectivity index (χ1n) is 11.3. The molecule has 0 aliphatic carbocycles. The minimum Gasteiger partial charge on any atom is -0.415 e. The molecule has 3 heterocycles. The average Bonchev–Trinajstić information content (AvgIpc) is 3.44. The zero-order valence-corrected chi connectivity index (χ0v) is 18.6. The molecule has 0 unspecified atom stereocenters. The van der Waals surface area contributed by atoms with Crippen LogP contribution in [-0.2, 0) is 6.54 Å². The smallest absolute Gasteiger partial charge is 0.329 e. The van der Waals surface area contributed by atoms with Gasteiger partial charge in [-0.2, -0.15) is 8.78 Å². The average molecular weight is 471 g/mol. The summed E-state index contributed by atoms with van der Waals surface area (Å²) in [7, 11) is 0. The van der Waals surface area contributed by atoms with Crippen LogP contribution in [-0.4, -0.2) is 43.9 Å². The minimum absolute atomic E-state index is 0.0401. The van der Waals surface area contributed by atoms with E-state index in [2.05, 4.69) is 22.0 Å². The summed E-state index contributed by atoms with van der Waals surface area (Å²) in [4.78, 5) is 15.9. The first kappa shape index (κ1) is 22.4.